The minimum atomic E-state index is -4.51. The van der Waals surface area contributed by atoms with Crippen molar-refractivity contribution in [3.63, 3.8) is 0 Å². The Morgan fingerprint density at radius 2 is 1.22 bits per heavy atom. The fourth-order valence-electron chi connectivity index (χ4n) is 3.79. The first kappa shape index (κ1) is 26.2. The smallest absolute Gasteiger partial charge is 0.298 e. The fourth-order valence-corrected chi connectivity index (χ4v) is 4.39. The summed E-state index contributed by atoms with van der Waals surface area (Å²) in [5.74, 6) is 0.275. The van der Waals surface area contributed by atoms with Gasteiger partial charge in [0.15, 0.2) is 0 Å². The first-order valence-electron chi connectivity index (χ1n) is 12.0. The lowest BCUT2D eigenvalue weighted by atomic mass is 10.0. The van der Waals surface area contributed by atoms with Crippen LogP contribution in [-0.2, 0) is 16.5 Å². The van der Waals surface area contributed by atoms with Gasteiger partial charge in [-0.15, -0.1) is 0 Å². The molecule has 0 saturated heterocycles. The highest BCUT2D eigenvalue weighted by Gasteiger charge is 2.16. The van der Waals surface area contributed by atoms with Crippen LogP contribution in [0.15, 0.2) is 47.4 Å². The molecule has 0 spiro atoms. The van der Waals surface area contributed by atoms with Gasteiger partial charge in [0.25, 0.3) is 10.1 Å². The molecule has 2 N–H and O–H groups in total. The molecular formula is C26H38O5S. The second-order valence-electron chi connectivity index (χ2n) is 8.49. The molecule has 0 aliphatic heterocycles. The molecule has 5 nitrogen and oxygen atoms in total. The van der Waals surface area contributed by atoms with Gasteiger partial charge in [-0.2, -0.15) is 8.42 Å². The number of benzene rings is 2. The third-order valence-electron chi connectivity index (χ3n) is 5.69. The van der Waals surface area contributed by atoms with Gasteiger partial charge in [0.05, 0.1) is 0 Å². The molecule has 32 heavy (non-hydrogen) atoms. The number of aromatic hydroxyl groups is 1. The van der Waals surface area contributed by atoms with Gasteiger partial charge in [0, 0.05) is 6.07 Å². The van der Waals surface area contributed by atoms with E-state index in [9.17, 15) is 13.5 Å². The van der Waals surface area contributed by atoms with Gasteiger partial charge in [0.1, 0.15) is 22.1 Å². The lowest BCUT2D eigenvalue weighted by molar-refractivity contribution is 0.435. The first-order valence-corrected chi connectivity index (χ1v) is 13.4. The molecule has 0 amide bonds. The van der Waals surface area contributed by atoms with Crippen LogP contribution in [0.5, 0.6) is 17.2 Å². The summed E-state index contributed by atoms with van der Waals surface area (Å²) in [6.07, 6.45) is 17.1. The van der Waals surface area contributed by atoms with Crippen LogP contribution in [0.2, 0.25) is 0 Å². The summed E-state index contributed by atoms with van der Waals surface area (Å²) in [4.78, 5) is -0.571. The summed E-state index contributed by atoms with van der Waals surface area (Å²) >= 11 is 0. The number of hydrogen-bond acceptors (Lipinski definition) is 4. The van der Waals surface area contributed by atoms with Crippen molar-refractivity contribution in [2.45, 2.75) is 95.3 Å². The van der Waals surface area contributed by atoms with Gasteiger partial charge in [-0.05, 0) is 42.7 Å². The van der Waals surface area contributed by atoms with E-state index < -0.39 is 20.8 Å². The molecule has 0 aliphatic carbocycles. The van der Waals surface area contributed by atoms with E-state index in [-0.39, 0.29) is 5.75 Å². The van der Waals surface area contributed by atoms with Gasteiger partial charge in [-0.1, -0.05) is 89.7 Å². The highest BCUT2D eigenvalue weighted by molar-refractivity contribution is 7.86. The number of phenols is 1. The summed E-state index contributed by atoms with van der Waals surface area (Å²) < 4.78 is 37.4. The average molecular weight is 463 g/mol. The Bertz CT molecular complexity index is 891. The number of unbranched alkanes of at least 4 members (excludes halogenated alkanes) is 11. The van der Waals surface area contributed by atoms with Crippen LogP contribution in [0.4, 0.5) is 0 Å². The number of phenolic OH excluding ortho intramolecular Hbond substituents is 1. The molecule has 0 atom stereocenters. The third kappa shape index (κ3) is 10.0. The largest absolute Gasteiger partial charge is 0.506 e. The Kier molecular flexibility index (Phi) is 11.6. The fraction of sp³-hybridized carbons (Fsp3) is 0.538. The van der Waals surface area contributed by atoms with Crippen LogP contribution in [0.1, 0.15) is 89.5 Å². The Morgan fingerprint density at radius 3 is 1.75 bits per heavy atom. The van der Waals surface area contributed by atoms with Gasteiger partial charge in [0.2, 0.25) is 0 Å². The van der Waals surface area contributed by atoms with Crippen molar-refractivity contribution in [1.82, 2.24) is 0 Å². The predicted molar refractivity (Wildman–Crippen MR) is 129 cm³/mol. The topological polar surface area (TPSA) is 83.8 Å². The van der Waals surface area contributed by atoms with Crippen molar-refractivity contribution < 1.29 is 22.8 Å². The average Bonchev–Trinajstić information content (AvgIpc) is 2.76. The molecule has 0 aliphatic rings. The zero-order chi connectivity index (χ0) is 23.2. The number of rotatable bonds is 16. The third-order valence-corrected chi connectivity index (χ3v) is 6.57. The lowest BCUT2D eigenvalue weighted by Crippen LogP contribution is -1.99. The summed E-state index contributed by atoms with van der Waals surface area (Å²) in [6, 6.07) is 11.4. The summed E-state index contributed by atoms with van der Waals surface area (Å²) in [5, 5.41) is 9.59. The van der Waals surface area contributed by atoms with Gasteiger partial charge in [-0.25, -0.2) is 0 Å². The molecule has 0 bridgehead atoms. The molecule has 2 rings (SSSR count). The van der Waals surface area contributed by atoms with Crippen molar-refractivity contribution in [3.8, 4) is 17.2 Å². The highest BCUT2D eigenvalue weighted by atomic mass is 32.2. The minimum Gasteiger partial charge on any atom is -0.506 e. The van der Waals surface area contributed by atoms with E-state index in [2.05, 4.69) is 6.92 Å². The molecule has 178 valence electrons. The number of aryl methyl sites for hydroxylation is 1. The summed E-state index contributed by atoms with van der Waals surface area (Å²) in [7, 11) is -4.51. The van der Waals surface area contributed by atoms with Crippen LogP contribution in [0, 0.1) is 0 Å². The zero-order valence-electron chi connectivity index (χ0n) is 19.3. The van der Waals surface area contributed by atoms with E-state index in [0.29, 0.717) is 5.75 Å². The quantitative estimate of drug-likeness (QED) is 0.197. The van der Waals surface area contributed by atoms with Crippen LogP contribution in [0.25, 0.3) is 0 Å². The van der Waals surface area contributed by atoms with E-state index >= 15 is 0 Å². The minimum absolute atomic E-state index is 0.226. The van der Waals surface area contributed by atoms with Crippen LogP contribution < -0.4 is 4.74 Å². The van der Waals surface area contributed by atoms with E-state index in [4.69, 9.17) is 9.29 Å². The van der Waals surface area contributed by atoms with Crippen molar-refractivity contribution in [3.05, 3.63) is 48.0 Å². The van der Waals surface area contributed by atoms with Gasteiger partial charge < -0.3 is 9.84 Å². The van der Waals surface area contributed by atoms with E-state index in [1.807, 2.05) is 24.3 Å². The van der Waals surface area contributed by atoms with Crippen molar-refractivity contribution in [2.75, 3.05) is 0 Å². The van der Waals surface area contributed by atoms with E-state index in [1.54, 1.807) is 0 Å². The van der Waals surface area contributed by atoms with Gasteiger partial charge >= 0.3 is 0 Å². The van der Waals surface area contributed by atoms with Gasteiger partial charge in [-0.3, -0.25) is 4.55 Å². The Morgan fingerprint density at radius 1 is 0.719 bits per heavy atom. The van der Waals surface area contributed by atoms with Crippen molar-refractivity contribution in [1.29, 1.82) is 0 Å². The summed E-state index contributed by atoms with van der Waals surface area (Å²) in [6.45, 7) is 2.26. The van der Waals surface area contributed by atoms with E-state index in [1.165, 1.54) is 94.7 Å². The molecular weight excluding hydrogens is 424 g/mol. The lowest BCUT2D eigenvalue weighted by Gasteiger charge is -2.09. The number of ether oxygens (including phenoxy) is 1. The maximum Gasteiger partial charge on any atom is 0.298 e. The molecule has 0 fully saturated rings. The van der Waals surface area contributed by atoms with E-state index in [0.717, 1.165) is 12.5 Å². The Balaban J connectivity index is 1.63. The Labute approximate surface area is 193 Å². The summed E-state index contributed by atoms with van der Waals surface area (Å²) in [5.41, 5.74) is 1.24. The first-order chi connectivity index (χ1) is 15.4. The zero-order valence-corrected chi connectivity index (χ0v) is 20.1. The second-order valence-corrected chi connectivity index (χ2v) is 9.88. The maximum atomic E-state index is 11.3. The normalized spacial score (nSPS) is 11.6. The van der Waals surface area contributed by atoms with Crippen LogP contribution in [0.3, 0.4) is 0 Å². The molecule has 0 heterocycles. The molecule has 2 aromatic carbocycles. The molecule has 0 radical (unpaired) electrons. The predicted octanol–water partition coefficient (Wildman–Crippen LogP) is 7.67. The molecule has 6 heteroatoms. The van der Waals surface area contributed by atoms with Crippen LogP contribution in [-0.4, -0.2) is 18.1 Å². The highest BCUT2D eigenvalue weighted by Crippen LogP contribution is 2.30. The standard InChI is InChI=1S/C26H38O5S/c1-2-3-4-5-6-7-8-9-10-11-12-13-14-22-15-17-23(18-16-22)31-24-19-20-25(27)26(21-24)32(28,29)30/h15-21,27H,2-14H2,1H3,(H,28,29,30). The molecule has 0 aromatic heterocycles. The van der Waals surface area contributed by atoms with Crippen LogP contribution >= 0.6 is 0 Å². The van der Waals surface area contributed by atoms with Crippen molar-refractivity contribution >= 4 is 10.1 Å². The van der Waals surface area contributed by atoms with Crippen molar-refractivity contribution in [2.24, 2.45) is 0 Å². The SMILES string of the molecule is CCCCCCCCCCCCCCc1ccc(Oc2ccc(O)c(S(=O)(=O)O)c2)cc1. The Hall–Kier alpha value is -2.05. The maximum absolute atomic E-state index is 11.3. The number of hydrogen-bond donors (Lipinski definition) is 2. The monoisotopic (exact) mass is 462 g/mol. The second kappa shape index (κ2) is 14.2. The molecule has 0 unspecified atom stereocenters. The molecule has 2 aromatic rings. The molecule has 0 saturated carbocycles.